The Morgan fingerprint density at radius 3 is 2.67 bits per heavy atom. The predicted molar refractivity (Wildman–Crippen MR) is 93.5 cm³/mol. The number of morpholine rings is 1. The van der Waals surface area contributed by atoms with E-state index in [1.165, 1.54) is 6.07 Å². The van der Waals surface area contributed by atoms with Crippen LogP contribution in [0.15, 0.2) is 42.5 Å². The topological polar surface area (TPSA) is 53.6 Å². The summed E-state index contributed by atoms with van der Waals surface area (Å²) >= 11 is 5.87. The van der Waals surface area contributed by atoms with Gasteiger partial charge in [0.1, 0.15) is 5.82 Å². The van der Waals surface area contributed by atoms with E-state index in [-0.39, 0.29) is 5.69 Å². The number of halogens is 2. The van der Waals surface area contributed by atoms with E-state index in [1.807, 2.05) is 0 Å². The highest BCUT2D eigenvalue weighted by Crippen LogP contribution is 2.24. The predicted octanol–water partition coefficient (Wildman–Crippen LogP) is 3.96. The Morgan fingerprint density at radius 2 is 1.92 bits per heavy atom. The number of ether oxygens (including phenoxy) is 1. The fourth-order valence-corrected chi connectivity index (χ4v) is 2.67. The number of anilines is 3. The lowest BCUT2D eigenvalue weighted by molar-refractivity contribution is 0.122. The monoisotopic (exact) mass is 349 g/mol. The van der Waals surface area contributed by atoms with E-state index in [0.717, 1.165) is 18.8 Å². The van der Waals surface area contributed by atoms with Crippen LogP contribution in [0.25, 0.3) is 0 Å². The molecule has 0 aromatic heterocycles. The van der Waals surface area contributed by atoms with E-state index in [2.05, 4.69) is 15.5 Å². The molecule has 7 heteroatoms. The first-order valence-electron chi connectivity index (χ1n) is 7.57. The number of amides is 2. The van der Waals surface area contributed by atoms with Crippen molar-refractivity contribution in [3.63, 3.8) is 0 Å². The van der Waals surface area contributed by atoms with Crippen molar-refractivity contribution in [1.82, 2.24) is 0 Å². The van der Waals surface area contributed by atoms with E-state index in [0.29, 0.717) is 23.9 Å². The molecular formula is C17H17ClFN3O2. The van der Waals surface area contributed by atoms with Crippen LogP contribution >= 0.6 is 11.6 Å². The number of hydrogen-bond acceptors (Lipinski definition) is 3. The summed E-state index contributed by atoms with van der Waals surface area (Å²) in [6.45, 7) is 2.74. The Morgan fingerprint density at radius 1 is 1.12 bits per heavy atom. The van der Waals surface area contributed by atoms with Crippen LogP contribution in [0, 0.1) is 5.82 Å². The van der Waals surface area contributed by atoms with Gasteiger partial charge in [-0.25, -0.2) is 9.18 Å². The standard InChI is InChI=1S/C17H17ClFN3O2/c18-12-2-1-3-13(10-12)20-17(23)21-16-11-14(4-5-15(16)19)22-6-8-24-9-7-22/h1-5,10-11H,6-9H2,(H2,20,21,23). The molecule has 0 unspecified atom stereocenters. The third-order valence-corrected chi connectivity index (χ3v) is 3.89. The molecule has 126 valence electrons. The van der Waals surface area contributed by atoms with E-state index in [9.17, 15) is 9.18 Å². The van der Waals surface area contributed by atoms with Crippen LogP contribution in [-0.2, 0) is 4.74 Å². The van der Waals surface area contributed by atoms with Gasteiger partial charge < -0.3 is 20.3 Å². The molecule has 5 nitrogen and oxygen atoms in total. The molecule has 1 aliphatic heterocycles. The fraction of sp³-hybridized carbons (Fsp3) is 0.235. The minimum atomic E-state index is -0.532. The molecule has 1 saturated heterocycles. The van der Waals surface area contributed by atoms with Gasteiger partial charge in [0.2, 0.25) is 0 Å². The van der Waals surface area contributed by atoms with Gasteiger partial charge in [0, 0.05) is 29.5 Å². The zero-order valence-corrected chi connectivity index (χ0v) is 13.6. The van der Waals surface area contributed by atoms with Gasteiger partial charge in [-0.1, -0.05) is 17.7 Å². The normalized spacial score (nSPS) is 14.3. The Hall–Kier alpha value is -2.31. The quantitative estimate of drug-likeness (QED) is 0.881. The molecule has 1 heterocycles. The average Bonchev–Trinajstić information content (AvgIpc) is 2.57. The summed E-state index contributed by atoms with van der Waals surface area (Å²) in [5.74, 6) is -0.492. The highest BCUT2D eigenvalue weighted by Gasteiger charge is 2.14. The Balaban J connectivity index is 1.70. The summed E-state index contributed by atoms with van der Waals surface area (Å²) in [4.78, 5) is 14.2. The van der Waals surface area contributed by atoms with Crippen LogP contribution in [0.3, 0.4) is 0 Å². The molecule has 0 atom stereocenters. The van der Waals surface area contributed by atoms with Crippen molar-refractivity contribution in [3.05, 3.63) is 53.3 Å². The van der Waals surface area contributed by atoms with Crippen LogP contribution < -0.4 is 15.5 Å². The van der Waals surface area contributed by atoms with E-state index in [4.69, 9.17) is 16.3 Å². The minimum absolute atomic E-state index is 0.124. The first-order chi connectivity index (χ1) is 11.6. The highest BCUT2D eigenvalue weighted by molar-refractivity contribution is 6.30. The molecule has 2 amide bonds. The molecule has 2 N–H and O–H groups in total. The molecule has 1 aliphatic rings. The minimum Gasteiger partial charge on any atom is -0.378 e. The molecule has 3 rings (SSSR count). The van der Waals surface area contributed by atoms with Crippen molar-refractivity contribution in [3.8, 4) is 0 Å². The van der Waals surface area contributed by atoms with Gasteiger partial charge in [-0.15, -0.1) is 0 Å². The number of rotatable bonds is 3. The van der Waals surface area contributed by atoms with Crippen molar-refractivity contribution < 1.29 is 13.9 Å². The maximum atomic E-state index is 14.0. The molecular weight excluding hydrogens is 333 g/mol. The number of hydrogen-bond donors (Lipinski definition) is 2. The summed E-state index contributed by atoms with van der Waals surface area (Å²) in [6.07, 6.45) is 0. The van der Waals surface area contributed by atoms with E-state index in [1.54, 1.807) is 36.4 Å². The van der Waals surface area contributed by atoms with Gasteiger partial charge in [-0.2, -0.15) is 0 Å². The van der Waals surface area contributed by atoms with Crippen molar-refractivity contribution in [2.24, 2.45) is 0 Å². The summed E-state index contributed by atoms with van der Waals surface area (Å²) in [7, 11) is 0. The average molecular weight is 350 g/mol. The van der Waals surface area contributed by atoms with Crippen LogP contribution in [0.1, 0.15) is 0 Å². The van der Waals surface area contributed by atoms with Crippen LogP contribution in [0.5, 0.6) is 0 Å². The van der Waals surface area contributed by atoms with Gasteiger partial charge in [-0.05, 0) is 36.4 Å². The molecule has 1 fully saturated rings. The Bertz CT molecular complexity index is 736. The number of carbonyl (C=O) groups excluding carboxylic acids is 1. The second-order valence-electron chi connectivity index (χ2n) is 5.35. The molecule has 0 saturated carbocycles. The second kappa shape index (κ2) is 7.51. The number of benzene rings is 2. The number of urea groups is 1. The van der Waals surface area contributed by atoms with Gasteiger partial charge in [0.25, 0.3) is 0 Å². The molecule has 2 aromatic rings. The lowest BCUT2D eigenvalue weighted by Crippen LogP contribution is -2.36. The number of carbonyl (C=O) groups is 1. The van der Waals surface area contributed by atoms with Gasteiger partial charge in [-0.3, -0.25) is 0 Å². The van der Waals surface area contributed by atoms with Crippen molar-refractivity contribution in [2.45, 2.75) is 0 Å². The molecule has 0 radical (unpaired) electrons. The highest BCUT2D eigenvalue weighted by atomic mass is 35.5. The lowest BCUT2D eigenvalue weighted by atomic mass is 10.2. The second-order valence-corrected chi connectivity index (χ2v) is 5.79. The number of nitrogens with one attached hydrogen (secondary N) is 2. The summed E-state index contributed by atoms with van der Waals surface area (Å²) < 4.78 is 19.3. The van der Waals surface area contributed by atoms with E-state index < -0.39 is 11.8 Å². The molecule has 0 aliphatic carbocycles. The van der Waals surface area contributed by atoms with Crippen molar-refractivity contribution >= 4 is 34.7 Å². The zero-order chi connectivity index (χ0) is 16.9. The van der Waals surface area contributed by atoms with Crippen molar-refractivity contribution in [1.29, 1.82) is 0 Å². The summed E-state index contributed by atoms with van der Waals surface area (Å²) in [6, 6.07) is 10.9. The molecule has 24 heavy (non-hydrogen) atoms. The molecule has 2 aromatic carbocycles. The lowest BCUT2D eigenvalue weighted by Gasteiger charge is -2.29. The SMILES string of the molecule is O=C(Nc1cccc(Cl)c1)Nc1cc(N2CCOCC2)ccc1F. The van der Waals surface area contributed by atoms with Gasteiger partial charge in [0.15, 0.2) is 0 Å². The zero-order valence-electron chi connectivity index (χ0n) is 12.9. The van der Waals surface area contributed by atoms with Gasteiger partial charge >= 0.3 is 6.03 Å². The Kier molecular flexibility index (Phi) is 5.17. The van der Waals surface area contributed by atoms with Crippen LogP contribution in [0.4, 0.5) is 26.2 Å². The largest absolute Gasteiger partial charge is 0.378 e. The van der Waals surface area contributed by atoms with Crippen LogP contribution in [0.2, 0.25) is 5.02 Å². The number of nitrogens with zero attached hydrogens (tertiary/aromatic N) is 1. The third-order valence-electron chi connectivity index (χ3n) is 3.66. The van der Waals surface area contributed by atoms with Gasteiger partial charge in [0.05, 0.1) is 18.9 Å². The fourth-order valence-electron chi connectivity index (χ4n) is 2.48. The Labute approximate surface area is 144 Å². The first kappa shape index (κ1) is 16.5. The molecule has 0 bridgehead atoms. The summed E-state index contributed by atoms with van der Waals surface area (Å²) in [5, 5.41) is 5.66. The first-order valence-corrected chi connectivity index (χ1v) is 7.95. The molecule has 0 spiro atoms. The maximum absolute atomic E-state index is 14.0. The smallest absolute Gasteiger partial charge is 0.323 e. The van der Waals surface area contributed by atoms with E-state index >= 15 is 0 Å². The maximum Gasteiger partial charge on any atom is 0.323 e. The summed E-state index contributed by atoms with van der Waals surface area (Å²) in [5.41, 5.74) is 1.50. The van der Waals surface area contributed by atoms with Crippen molar-refractivity contribution in [2.75, 3.05) is 41.8 Å². The van der Waals surface area contributed by atoms with Crippen LogP contribution in [-0.4, -0.2) is 32.3 Å². The third kappa shape index (κ3) is 4.15.